The van der Waals surface area contributed by atoms with Gasteiger partial charge in [0.2, 0.25) is 10.0 Å². The Morgan fingerprint density at radius 2 is 2.00 bits per heavy atom. The zero-order chi connectivity index (χ0) is 15.3. The van der Waals surface area contributed by atoms with Gasteiger partial charge in [0.15, 0.2) is 0 Å². The number of nitrogens with one attached hydrogen (secondary N) is 2. The Bertz CT molecular complexity index is 541. The summed E-state index contributed by atoms with van der Waals surface area (Å²) in [7, 11) is -1.84. The van der Waals surface area contributed by atoms with Gasteiger partial charge in [-0.05, 0) is 43.5 Å². The molecule has 1 saturated carbocycles. The minimum absolute atomic E-state index is 0.107. The van der Waals surface area contributed by atoms with Crippen molar-refractivity contribution in [2.45, 2.75) is 36.3 Å². The van der Waals surface area contributed by atoms with Gasteiger partial charge in [0, 0.05) is 25.4 Å². The minimum Gasteiger partial charge on any atom is -0.391 e. The molecule has 0 spiro atoms. The van der Waals surface area contributed by atoms with Gasteiger partial charge in [0.05, 0.1) is 17.6 Å². The van der Waals surface area contributed by atoms with E-state index in [9.17, 15) is 13.5 Å². The fraction of sp³-hybridized carbons (Fsp3) is 0.571. The lowest BCUT2D eigenvalue weighted by Crippen LogP contribution is -2.25. The van der Waals surface area contributed by atoms with Gasteiger partial charge in [-0.1, -0.05) is 0 Å². The van der Waals surface area contributed by atoms with Crippen molar-refractivity contribution in [1.29, 1.82) is 0 Å². The van der Waals surface area contributed by atoms with E-state index in [1.165, 1.54) is 0 Å². The molecule has 2 rings (SSSR count). The fourth-order valence-corrected chi connectivity index (χ4v) is 3.20. The Kier molecular flexibility index (Phi) is 5.58. The van der Waals surface area contributed by atoms with E-state index >= 15 is 0 Å². The molecule has 1 fully saturated rings. The molecule has 6 nitrogen and oxygen atoms in total. The summed E-state index contributed by atoms with van der Waals surface area (Å²) in [5.41, 5.74) is 0.824. The van der Waals surface area contributed by atoms with Crippen LogP contribution in [-0.4, -0.2) is 45.9 Å². The predicted molar refractivity (Wildman–Crippen MR) is 80.8 cm³/mol. The summed E-state index contributed by atoms with van der Waals surface area (Å²) >= 11 is 0. The highest BCUT2D eigenvalue weighted by Crippen LogP contribution is 2.22. The quantitative estimate of drug-likeness (QED) is 0.631. The molecule has 21 heavy (non-hydrogen) atoms. The molecular formula is C14H22N2O4S. The maximum Gasteiger partial charge on any atom is 0.240 e. The topological polar surface area (TPSA) is 87.7 Å². The van der Waals surface area contributed by atoms with Crippen LogP contribution in [0.2, 0.25) is 0 Å². The molecule has 1 aliphatic rings. The number of ether oxygens (including phenoxy) is 1. The Hall–Kier alpha value is -1.15. The van der Waals surface area contributed by atoms with Crippen molar-refractivity contribution in [1.82, 2.24) is 4.72 Å². The minimum atomic E-state index is -3.39. The molecule has 1 atom stereocenters. The first-order valence-corrected chi connectivity index (χ1v) is 8.53. The van der Waals surface area contributed by atoms with Crippen molar-refractivity contribution in [3.63, 3.8) is 0 Å². The molecule has 0 aromatic heterocycles. The van der Waals surface area contributed by atoms with E-state index in [4.69, 9.17) is 4.74 Å². The van der Waals surface area contributed by atoms with E-state index in [-0.39, 0.29) is 10.9 Å². The summed E-state index contributed by atoms with van der Waals surface area (Å²) in [6, 6.07) is 6.72. The average Bonchev–Trinajstić information content (AvgIpc) is 3.23. The highest BCUT2D eigenvalue weighted by Gasteiger charge is 2.27. The van der Waals surface area contributed by atoms with Crippen molar-refractivity contribution in [2.75, 3.05) is 25.6 Å². The molecule has 7 heteroatoms. The molecule has 1 aliphatic carbocycles. The van der Waals surface area contributed by atoms with Crippen molar-refractivity contribution < 1.29 is 18.3 Å². The molecule has 1 unspecified atom stereocenters. The lowest BCUT2D eigenvalue weighted by molar-refractivity contribution is 0.0615. The molecule has 3 N–H and O–H groups in total. The largest absolute Gasteiger partial charge is 0.391 e. The van der Waals surface area contributed by atoms with E-state index in [1.807, 2.05) is 0 Å². The number of rotatable bonds is 9. The molecule has 1 aromatic carbocycles. The van der Waals surface area contributed by atoms with Crippen LogP contribution < -0.4 is 10.0 Å². The number of anilines is 1. The van der Waals surface area contributed by atoms with Crippen molar-refractivity contribution in [3.8, 4) is 0 Å². The van der Waals surface area contributed by atoms with Crippen molar-refractivity contribution >= 4 is 15.7 Å². The summed E-state index contributed by atoms with van der Waals surface area (Å²) in [5, 5.41) is 12.7. The first kappa shape index (κ1) is 16.2. The van der Waals surface area contributed by atoms with Gasteiger partial charge in [-0.2, -0.15) is 0 Å². The normalized spacial score (nSPS) is 16.7. The Balaban J connectivity index is 1.84. The number of methoxy groups -OCH3 is 1. The van der Waals surface area contributed by atoms with E-state index in [1.54, 1.807) is 31.4 Å². The number of aliphatic hydroxyl groups excluding tert-OH is 1. The average molecular weight is 314 g/mol. The molecule has 0 heterocycles. The number of hydrogen-bond donors (Lipinski definition) is 3. The van der Waals surface area contributed by atoms with E-state index < -0.39 is 16.1 Å². The number of hydrogen-bond acceptors (Lipinski definition) is 5. The van der Waals surface area contributed by atoms with E-state index in [2.05, 4.69) is 10.0 Å². The lowest BCUT2D eigenvalue weighted by atomic mass is 10.2. The van der Waals surface area contributed by atoms with Crippen LogP contribution in [0.1, 0.15) is 19.3 Å². The van der Waals surface area contributed by atoms with Crippen LogP contribution in [0.3, 0.4) is 0 Å². The first-order chi connectivity index (χ1) is 10.0. The number of benzene rings is 1. The Morgan fingerprint density at radius 1 is 1.33 bits per heavy atom. The van der Waals surface area contributed by atoms with Crippen LogP contribution >= 0.6 is 0 Å². The number of aliphatic hydroxyl groups is 1. The molecule has 1 aromatic rings. The zero-order valence-corrected chi connectivity index (χ0v) is 12.9. The van der Waals surface area contributed by atoms with Gasteiger partial charge in [-0.25, -0.2) is 13.1 Å². The van der Waals surface area contributed by atoms with Gasteiger partial charge in [0.1, 0.15) is 0 Å². The standard InChI is InChI=1S/C14H22N2O4S/c1-20-10-13(17)8-9-15-11-4-6-14(7-5-11)21(18,19)16-12-2-3-12/h4-7,12-13,15-17H,2-3,8-10H2,1H3. The van der Waals surface area contributed by atoms with Crippen LogP contribution in [0.5, 0.6) is 0 Å². The SMILES string of the molecule is COCC(O)CCNc1ccc(S(=O)(=O)NC2CC2)cc1. The summed E-state index contributed by atoms with van der Waals surface area (Å²) < 4.78 is 31.5. The highest BCUT2D eigenvalue weighted by molar-refractivity contribution is 7.89. The van der Waals surface area contributed by atoms with Gasteiger partial charge in [0.25, 0.3) is 0 Å². The zero-order valence-electron chi connectivity index (χ0n) is 12.1. The first-order valence-electron chi connectivity index (χ1n) is 7.04. The van der Waals surface area contributed by atoms with Crippen LogP contribution in [-0.2, 0) is 14.8 Å². The highest BCUT2D eigenvalue weighted by atomic mass is 32.2. The monoisotopic (exact) mass is 314 g/mol. The van der Waals surface area contributed by atoms with Gasteiger partial charge < -0.3 is 15.2 Å². The van der Waals surface area contributed by atoms with Crippen LogP contribution in [0.15, 0.2) is 29.2 Å². The van der Waals surface area contributed by atoms with Gasteiger partial charge in [-0.3, -0.25) is 0 Å². The fourth-order valence-electron chi connectivity index (χ4n) is 1.90. The molecule has 0 saturated heterocycles. The van der Waals surface area contributed by atoms with E-state index in [0.717, 1.165) is 18.5 Å². The second kappa shape index (κ2) is 7.22. The van der Waals surface area contributed by atoms with Crippen molar-refractivity contribution in [2.24, 2.45) is 0 Å². The smallest absolute Gasteiger partial charge is 0.240 e. The van der Waals surface area contributed by atoms with Crippen LogP contribution in [0.4, 0.5) is 5.69 Å². The molecule has 0 bridgehead atoms. The summed E-state index contributed by atoms with van der Waals surface area (Å²) in [6.45, 7) is 0.905. The Morgan fingerprint density at radius 3 is 2.57 bits per heavy atom. The van der Waals surface area contributed by atoms with Gasteiger partial charge in [-0.15, -0.1) is 0 Å². The third-order valence-electron chi connectivity index (χ3n) is 3.23. The molecule has 0 aliphatic heterocycles. The molecule has 0 radical (unpaired) electrons. The van der Waals surface area contributed by atoms with Crippen LogP contribution in [0, 0.1) is 0 Å². The van der Waals surface area contributed by atoms with Crippen LogP contribution in [0.25, 0.3) is 0 Å². The Labute approximate surface area is 125 Å². The summed E-state index contributed by atoms with van der Waals surface area (Å²) in [4.78, 5) is 0.277. The van der Waals surface area contributed by atoms with Crippen molar-refractivity contribution in [3.05, 3.63) is 24.3 Å². The predicted octanol–water partition coefficient (Wildman–Crippen LogP) is 0.937. The van der Waals surface area contributed by atoms with E-state index in [0.29, 0.717) is 19.6 Å². The maximum atomic E-state index is 12.0. The van der Waals surface area contributed by atoms with Gasteiger partial charge >= 0.3 is 0 Å². The maximum absolute atomic E-state index is 12.0. The summed E-state index contributed by atoms with van der Waals surface area (Å²) in [6.07, 6.45) is 1.91. The third-order valence-corrected chi connectivity index (χ3v) is 4.77. The second-order valence-electron chi connectivity index (χ2n) is 5.24. The number of sulfonamides is 1. The molecular weight excluding hydrogens is 292 g/mol. The summed E-state index contributed by atoms with van der Waals surface area (Å²) in [5.74, 6) is 0. The third kappa shape index (κ3) is 5.28. The second-order valence-corrected chi connectivity index (χ2v) is 6.96. The molecule has 0 amide bonds. The molecule has 118 valence electrons. The lowest BCUT2D eigenvalue weighted by Gasteiger charge is -2.11.